The molecule has 2 rings (SSSR count). The number of halogens is 1. The van der Waals surface area contributed by atoms with Crippen LogP contribution in [0.3, 0.4) is 0 Å². The molecule has 0 heterocycles. The molecule has 16 heavy (non-hydrogen) atoms. The maximum absolute atomic E-state index is 11.7. The van der Waals surface area contributed by atoms with E-state index in [9.17, 15) is 4.79 Å². The van der Waals surface area contributed by atoms with E-state index in [1.165, 1.54) is 0 Å². The summed E-state index contributed by atoms with van der Waals surface area (Å²) in [6.07, 6.45) is 5.03. The van der Waals surface area contributed by atoms with E-state index in [2.05, 4.69) is 5.32 Å². The molecule has 0 atom stereocenters. The average Bonchev–Trinajstić information content (AvgIpc) is 2.81. The summed E-state index contributed by atoms with van der Waals surface area (Å²) in [4.78, 5) is 11.7. The van der Waals surface area contributed by atoms with Crippen LogP contribution in [0.1, 0.15) is 24.8 Å². The van der Waals surface area contributed by atoms with E-state index in [4.69, 9.17) is 11.6 Å². The fourth-order valence-corrected chi connectivity index (χ4v) is 2.01. The zero-order chi connectivity index (χ0) is 11.4. The van der Waals surface area contributed by atoms with Gasteiger partial charge in [-0.3, -0.25) is 4.79 Å². The predicted molar refractivity (Wildman–Crippen MR) is 65.2 cm³/mol. The summed E-state index contributed by atoms with van der Waals surface area (Å²) in [6, 6.07) is 7.55. The van der Waals surface area contributed by atoms with Crippen molar-refractivity contribution >= 4 is 17.5 Å². The van der Waals surface area contributed by atoms with Crippen LogP contribution in [0.2, 0.25) is 5.02 Å². The Labute approximate surface area is 100 Å². The van der Waals surface area contributed by atoms with E-state index in [0.717, 1.165) is 30.4 Å². The fraction of sp³-hybridized carbons (Fsp3) is 0.308. The molecule has 0 saturated carbocycles. The molecule has 0 unspecified atom stereocenters. The number of rotatable bonds is 3. The second-order valence-corrected chi connectivity index (χ2v) is 4.30. The van der Waals surface area contributed by atoms with Crippen molar-refractivity contribution in [3.05, 3.63) is 46.5 Å². The average molecular weight is 236 g/mol. The van der Waals surface area contributed by atoms with Crippen LogP contribution in [0.25, 0.3) is 0 Å². The van der Waals surface area contributed by atoms with Crippen molar-refractivity contribution in [3.63, 3.8) is 0 Å². The van der Waals surface area contributed by atoms with Gasteiger partial charge in [-0.1, -0.05) is 35.9 Å². The van der Waals surface area contributed by atoms with Crippen molar-refractivity contribution in [3.8, 4) is 0 Å². The topological polar surface area (TPSA) is 29.1 Å². The van der Waals surface area contributed by atoms with Gasteiger partial charge in [0.25, 0.3) is 0 Å². The Kier molecular flexibility index (Phi) is 3.62. The molecule has 1 aliphatic carbocycles. The zero-order valence-corrected chi connectivity index (χ0v) is 9.76. The lowest BCUT2D eigenvalue weighted by molar-refractivity contribution is -0.117. The number of allylic oxidation sites excluding steroid dienone is 1. The highest BCUT2D eigenvalue weighted by atomic mass is 35.5. The monoisotopic (exact) mass is 235 g/mol. The molecule has 0 fully saturated rings. The first-order chi connectivity index (χ1) is 7.77. The molecule has 1 aromatic carbocycles. The van der Waals surface area contributed by atoms with Gasteiger partial charge >= 0.3 is 0 Å². The summed E-state index contributed by atoms with van der Waals surface area (Å²) in [5.41, 5.74) is 1.86. The van der Waals surface area contributed by atoms with Crippen LogP contribution in [-0.2, 0) is 11.3 Å². The highest BCUT2D eigenvalue weighted by Crippen LogP contribution is 2.18. The predicted octanol–water partition coefficient (Wildman–Crippen LogP) is 3.07. The lowest BCUT2D eigenvalue weighted by Crippen LogP contribution is -2.23. The fourth-order valence-electron chi connectivity index (χ4n) is 1.81. The Hall–Kier alpha value is -1.28. The smallest absolute Gasteiger partial charge is 0.247 e. The van der Waals surface area contributed by atoms with Gasteiger partial charge in [0, 0.05) is 17.1 Å². The molecule has 1 amide bonds. The molecule has 84 valence electrons. The van der Waals surface area contributed by atoms with Gasteiger partial charge in [0.15, 0.2) is 0 Å². The molecule has 1 N–H and O–H groups in total. The first kappa shape index (κ1) is 11.2. The standard InChI is InChI=1S/C13H14ClNO/c14-12-8-4-3-7-11(12)9-15-13(16)10-5-1-2-6-10/h3-5,7-8H,1-2,6,9H2,(H,15,16). The van der Waals surface area contributed by atoms with Crippen LogP contribution < -0.4 is 5.32 Å². The van der Waals surface area contributed by atoms with E-state index >= 15 is 0 Å². The van der Waals surface area contributed by atoms with Crippen LogP contribution in [0, 0.1) is 0 Å². The van der Waals surface area contributed by atoms with Gasteiger partial charge in [-0.05, 0) is 30.9 Å². The minimum Gasteiger partial charge on any atom is -0.348 e. The Bertz CT molecular complexity index is 426. The summed E-state index contributed by atoms with van der Waals surface area (Å²) in [6.45, 7) is 0.496. The molecular formula is C13H14ClNO. The van der Waals surface area contributed by atoms with Crippen molar-refractivity contribution in [2.24, 2.45) is 0 Å². The quantitative estimate of drug-likeness (QED) is 0.857. The number of hydrogen-bond acceptors (Lipinski definition) is 1. The van der Waals surface area contributed by atoms with Crippen LogP contribution in [0.4, 0.5) is 0 Å². The SMILES string of the molecule is O=C(NCc1ccccc1Cl)C1=CCCC1. The Morgan fingerprint density at radius 3 is 2.88 bits per heavy atom. The number of hydrogen-bond donors (Lipinski definition) is 1. The Balaban J connectivity index is 1.92. The van der Waals surface area contributed by atoms with Gasteiger partial charge in [0.1, 0.15) is 0 Å². The number of carbonyl (C=O) groups excluding carboxylic acids is 1. The normalized spacial score (nSPS) is 14.7. The maximum atomic E-state index is 11.7. The third kappa shape index (κ3) is 2.64. The summed E-state index contributed by atoms with van der Waals surface area (Å²) in [5, 5.41) is 3.59. The van der Waals surface area contributed by atoms with Crippen molar-refractivity contribution in [1.82, 2.24) is 5.32 Å². The first-order valence-corrected chi connectivity index (χ1v) is 5.86. The van der Waals surface area contributed by atoms with Gasteiger partial charge in [-0.15, -0.1) is 0 Å². The van der Waals surface area contributed by atoms with Crippen LogP contribution in [0.5, 0.6) is 0 Å². The lowest BCUT2D eigenvalue weighted by Gasteiger charge is -2.07. The van der Waals surface area contributed by atoms with Crippen molar-refractivity contribution in [1.29, 1.82) is 0 Å². The number of benzene rings is 1. The highest BCUT2D eigenvalue weighted by molar-refractivity contribution is 6.31. The van der Waals surface area contributed by atoms with Gasteiger partial charge in [0.2, 0.25) is 5.91 Å². The summed E-state index contributed by atoms with van der Waals surface area (Å²) in [7, 11) is 0. The summed E-state index contributed by atoms with van der Waals surface area (Å²) < 4.78 is 0. The largest absolute Gasteiger partial charge is 0.348 e. The summed E-state index contributed by atoms with van der Waals surface area (Å²) >= 11 is 6.00. The molecule has 2 nitrogen and oxygen atoms in total. The number of carbonyl (C=O) groups is 1. The van der Waals surface area contributed by atoms with Crippen LogP contribution in [-0.4, -0.2) is 5.91 Å². The first-order valence-electron chi connectivity index (χ1n) is 5.48. The molecule has 1 aromatic rings. The van der Waals surface area contributed by atoms with Gasteiger partial charge < -0.3 is 5.32 Å². The molecule has 0 radical (unpaired) electrons. The molecule has 0 saturated heterocycles. The third-order valence-electron chi connectivity index (χ3n) is 2.73. The van der Waals surface area contributed by atoms with Gasteiger partial charge in [0.05, 0.1) is 0 Å². The molecule has 3 heteroatoms. The van der Waals surface area contributed by atoms with E-state index in [0.29, 0.717) is 11.6 Å². The van der Waals surface area contributed by atoms with Gasteiger partial charge in [-0.25, -0.2) is 0 Å². The molecule has 0 spiro atoms. The molecule has 0 aliphatic heterocycles. The Morgan fingerprint density at radius 1 is 1.38 bits per heavy atom. The lowest BCUT2D eigenvalue weighted by atomic mass is 10.2. The van der Waals surface area contributed by atoms with E-state index in [1.54, 1.807) is 0 Å². The van der Waals surface area contributed by atoms with Crippen molar-refractivity contribution < 1.29 is 4.79 Å². The maximum Gasteiger partial charge on any atom is 0.247 e. The van der Waals surface area contributed by atoms with E-state index in [-0.39, 0.29) is 5.91 Å². The number of nitrogens with one attached hydrogen (secondary N) is 1. The van der Waals surface area contributed by atoms with E-state index in [1.807, 2.05) is 30.3 Å². The molecule has 1 aliphatic rings. The second kappa shape index (κ2) is 5.17. The highest BCUT2D eigenvalue weighted by Gasteiger charge is 2.12. The molecule has 0 aromatic heterocycles. The minimum absolute atomic E-state index is 0.0393. The molecular weight excluding hydrogens is 222 g/mol. The van der Waals surface area contributed by atoms with E-state index < -0.39 is 0 Å². The van der Waals surface area contributed by atoms with Crippen molar-refractivity contribution in [2.75, 3.05) is 0 Å². The summed E-state index contributed by atoms with van der Waals surface area (Å²) in [5.74, 6) is 0.0393. The molecule has 0 bridgehead atoms. The third-order valence-corrected chi connectivity index (χ3v) is 3.10. The number of amides is 1. The second-order valence-electron chi connectivity index (χ2n) is 3.90. The minimum atomic E-state index is 0.0393. The van der Waals surface area contributed by atoms with Crippen LogP contribution >= 0.6 is 11.6 Å². The zero-order valence-electron chi connectivity index (χ0n) is 9.00. The van der Waals surface area contributed by atoms with Crippen LogP contribution in [0.15, 0.2) is 35.9 Å². The Morgan fingerprint density at radius 2 is 2.19 bits per heavy atom. The van der Waals surface area contributed by atoms with Gasteiger partial charge in [-0.2, -0.15) is 0 Å². The van der Waals surface area contributed by atoms with Crippen molar-refractivity contribution in [2.45, 2.75) is 25.8 Å².